The summed E-state index contributed by atoms with van der Waals surface area (Å²) in [5.41, 5.74) is 0.856. The average molecular weight is 1000 g/mol. The summed E-state index contributed by atoms with van der Waals surface area (Å²) in [6.07, 6.45) is 3.23. The zero-order chi connectivity index (χ0) is 48.1. The number of carboxylic acids is 1. The first kappa shape index (κ1) is 52.5. The summed E-state index contributed by atoms with van der Waals surface area (Å²) in [5.74, 6) is -3.39. The van der Waals surface area contributed by atoms with Gasteiger partial charge in [-0.2, -0.15) is 5.10 Å². The topological polar surface area (TPSA) is 239 Å². The summed E-state index contributed by atoms with van der Waals surface area (Å²) in [6.45, 7) is 14.6. The van der Waals surface area contributed by atoms with Crippen LogP contribution in [0.1, 0.15) is 59.9 Å². The molecule has 0 saturated carbocycles. The van der Waals surface area contributed by atoms with Gasteiger partial charge in [0.1, 0.15) is 5.82 Å². The summed E-state index contributed by atoms with van der Waals surface area (Å²) >= 11 is -4.03. The number of halogens is 1. The van der Waals surface area contributed by atoms with Crippen molar-refractivity contribution < 1.29 is 53.3 Å². The summed E-state index contributed by atoms with van der Waals surface area (Å²) in [4.78, 5) is 88.3. The standard InChI is InChI=1S/C42H69FN10O11Si.Ga/c1-41(2,3)65(43,42(4,5)6)36-24-33(46-27-35(55)47-26-31-8-7-11-44-25-31)48-53(36)21-23-64-22-12-45-34(54)10-9-32(40(62)63)52-19-17-50(29-38(58)59)15-13-49(28-37(56)57)14-16-51(18-20-52)30-39(60)61;/h7-8,11,24-25,32H,9-10,12-23,26-30H2,1-6H3,(H,45,54)(H,46,48)(H,47,55)(H,56,57)(H,58,59)(H,60,61)(H,62,63);/q;+3/p-3. The predicted octanol–water partition coefficient (Wildman–Crippen LogP) is -0.0419. The van der Waals surface area contributed by atoms with Gasteiger partial charge in [0.25, 0.3) is 0 Å². The van der Waals surface area contributed by atoms with Crippen LogP contribution in [0.5, 0.6) is 0 Å². The van der Waals surface area contributed by atoms with Crippen molar-refractivity contribution in [2.24, 2.45) is 0 Å². The number of carbonyl (C=O) groups is 6. The Hall–Kier alpha value is -4.44. The van der Waals surface area contributed by atoms with E-state index in [1.165, 1.54) is 0 Å². The molecule has 364 valence electrons. The minimum absolute atomic E-state index is 0.00436. The van der Waals surface area contributed by atoms with E-state index in [-0.39, 0.29) is 90.2 Å². The van der Waals surface area contributed by atoms with Crippen LogP contribution in [0.2, 0.25) is 10.1 Å². The van der Waals surface area contributed by atoms with Crippen LogP contribution in [0.4, 0.5) is 9.93 Å². The number of carbonyl (C=O) groups excluding carboxylic acids is 5. The quantitative estimate of drug-likeness (QED) is 0.0924. The number of pyridine rings is 1. The van der Waals surface area contributed by atoms with Crippen molar-refractivity contribution in [2.45, 2.75) is 83.6 Å². The molecule has 0 aromatic carbocycles. The molecule has 3 aliphatic rings. The number of fused-ring (bicyclic) bond motifs is 7. The van der Waals surface area contributed by atoms with Crippen molar-refractivity contribution in [3.05, 3.63) is 36.2 Å². The van der Waals surface area contributed by atoms with Crippen LogP contribution in [-0.4, -0.2) is 205 Å². The van der Waals surface area contributed by atoms with E-state index in [4.69, 9.17) is 15.3 Å². The van der Waals surface area contributed by atoms with Gasteiger partial charge in [-0.1, -0.05) is 47.6 Å². The maximum absolute atomic E-state index is 17.6. The summed E-state index contributed by atoms with van der Waals surface area (Å²) in [6, 6.07) is 4.30. The molecule has 0 aliphatic carbocycles. The van der Waals surface area contributed by atoms with Crippen molar-refractivity contribution in [2.75, 3.05) is 104 Å². The monoisotopic (exact) mass is 1000 g/mol. The maximum Gasteiger partial charge on any atom is -0.00882 e. The molecule has 66 heavy (non-hydrogen) atoms. The predicted molar refractivity (Wildman–Crippen MR) is 242 cm³/mol. The number of hydrogen-bond acceptors (Lipinski definition) is 17. The van der Waals surface area contributed by atoms with Gasteiger partial charge in [0.05, 0.1) is 31.6 Å². The van der Waals surface area contributed by atoms with Gasteiger partial charge in [0.2, 0.25) is 5.91 Å². The van der Waals surface area contributed by atoms with E-state index in [1.807, 2.05) is 62.3 Å². The van der Waals surface area contributed by atoms with E-state index in [2.05, 4.69) is 26.0 Å². The van der Waals surface area contributed by atoms with Crippen LogP contribution in [0.3, 0.4) is 0 Å². The molecule has 5 rings (SSSR count). The Morgan fingerprint density at radius 2 is 1.41 bits per heavy atom. The number of aromatic nitrogens is 3. The van der Waals surface area contributed by atoms with Crippen LogP contribution >= 0.6 is 0 Å². The smallest absolute Gasteiger partial charge is 0.00882 e. The second-order valence-corrected chi connectivity index (χ2v) is 26.3. The van der Waals surface area contributed by atoms with E-state index >= 15 is 4.11 Å². The minimum atomic E-state index is -4.03. The van der Waals surface area contributed by atoms with Crippen LogP contribution in [0.15, 0.2) is 30.6 Å². The van der Waals surface area contributed by atoms with Gasteiger partial charge in [-0.3, -0.25) is 14.5 Å². The number of amides is 2. The Morgan fingerprint density at radius 1 is 0.848 bits per heavy atom. The molecule has 3 fully saturated rings. The fraction of sp³-hybridized carbons (Fsp3) is 0.667. The molecule has 0 spiro atoms. The molecule has 24 heteroatoms. The van der Waals surface area contributed by atoms with Crippen LogP contribution in [0.25, 0.3) is 0 Å². The second-order valence-electron chi connectivity index (χ2n) is 18.8. The van der Waals surface area contributed by atoms with Gasteiger partial charge in [-0.25, -0.2) is 0 Å². The molecular formula is C42H66FGaN10O11Si. The third kappa shape index (κ3) is 15.3. The number of carboxylic acid groups (broad SMARTS) is 1. The first-order valence-corrected chi connectivity index (χ1v) is 27.3. The van der Waals surface area contributed by atoms with E-state index in [1.54, 1.807) is 34.1 Å². The number of nitrogens with one attached hydrogen (secondary N) is 3. The first-order chi connectivity index (χ1) is 31.2. The molecule has 3 unspecified atom stereocenters. The van der Waals surface area contributed by atoms with Gasteiger partial charge >= 0.3 is 211 Å². The molecule has 3 aliphatic heterocycles. The van der Waals surface area contributed by atoms with Gasteiger partial charge < -0.3 is 19.5 Å². The molecule has 4 N–H and O–H groups in total. The van der Waals surface area contributed by atoms with Crippen molar-refractivity contribution in [3.63, 3.8) is 0 Å². The zero-order valence-corrected chi connectivity index (χ0v) is 42.4. The Kier molecular flexibility index (Phi) is 19.1. The molecule has 2 aromatic heterocycles. The minimum Gasteiger partial charge on any atom is -0.0598 e. The summed E-state index contributed by atoms with van der Waals surface area (Å²) in [5, 5.41) is 22.8. The van der Waals surface area contributed by atoms with Crippen molar-refractivity contribution >= 4 is 72.5 Å². The number of anilines is 1. The molecule has 0 radical (unpaired) electrons. The van der Waals surface area contributed by atoms with Crippen molar-refractivity contribution in [3.8, 4) is 0 Å². The van der Waals surface area contributed by atoms with Gasteiger partial charge in [-0.15, -0.1) is 0 Å². The maximum atomic E-state index is 17.6. The molecule has 4 bridgehead atoms. The third-order valence-electron chi connectivity index (χ3n) is 11.8. The van der Waals surface area contributed by atoms with Crippen LogP contribution in [0, 0.1) is 0 Å². The second kappa shape index (κ2) is 24.0. The van der Waals surface area contributed by atoms with Crippen LogP contribution in [-0.2, 0) is 57.2 Å². The van der Waals surface area contributed by atoms with Crippen molar-refractivity contribution in [1.82, 2.24) is 45.0 Å². The Morgan fingerprint density at radius 3 is 1.92 bits per heavy atom. The number of ether oxygens (including phenoxy) is 1. The number of aliphatic carboxylic acids is 1. The summed E-state index contributed by atoms with van der Waals surface area (Å²) < 4.78 is 41.3. The first-order valence-electron chi connectivity index (χ1n) is 22.5. The number of hydrogen-bond donors (Lipinski definition) is 4. The fourth-order valence-electron chi connectivity index (χ4n) is 8.51. The van der Waals surface area contributed by atoms with E-state index in [0.717, 1.165) is 5.56 Å². The van der Waals surface area contributed by atoms with Gasteiger partial charge in [0, 0.05) is 31.5 Å². The molecule has 2 aromatic rings. The zero-order valence-electron chi connectivity index (χ0n) is 39.0. The average Bonchev–Trinajstić information content (AvgIpc) is 3.64. The normalized spacial score (nSPS) is 20.9. The molecular weight excluding hydrogens is 937 g/mol. The molecule has 2 amide bonds. The Labute approximate surface area is 392 Å². The molecule has 3 saturated heterocycles. The SMILES string of the molecule is CC(C)(C)[Si](F)(c1cc(NCC(=O)NCc2cccnc2)nn1CCOCCNC(=O)CCC(C(=O)O)N1CCN2CCN3CCN(CC1)CC(=O)[O][Ga]([O]C(=O)C3)[O]C(=O)C2)C(C)(C)C. The fourth-order valence-corrected chi connectivity index (χ4v) is 15.3. The van der Waals surface area contributed by atoms with Crippen molar-refractivity contribution in [1.29, 1.82) is 0 Å². The third-order valence-corrected chi connectivity index (χ3v) is 20.0. The summed E-state index contributed by atoms with van der Waals surface area (Å²) in [7, 11) is -3.80. The molecule has 3 atom stereocenters. The van der Waals surface area contributed by atoms with Crippen LogP contribution < -0.4 is 21.3 Å². The number of rotatable bonds is 17. The number of nitrogens with zero attached hydrogens (tertiary/aromatic N) is 7. The largest absolute Gasteiger partial charge is 0.0598 e. The molecule has 5 heterocycles. The molecule has 21 nitrogen and oxygen atoms in total. The Bertz CT molecular complexity index is 1940. The Balaban J connectivity index is 1.15. The van der Waals surface area contributed by atoms with Gasteiger partial charge in [0.15, 0.2) is 0 Å². The van der Waals surface area contributed by atoms with E-state index < -0.39 is 65.7 Å². The van der Waals surface area contributed by atoms with E-state index in [9.17, 15) is 33.9 Å². The van der Waals surface area contributed by atoms with Gasteiger partial charge in [-0.05, 0) is 21.7 Å². The van der Waals surface area contributed by atoms with E-state index in [0.29, 0.717) is 56.9 Å².